The van der Waals surface area contributed by atoms with Crippen molar-refractivity contribution in [2.45, 2.75) is 24.7 Å². The van der Waals surface area contributed by atoms with Gasteiger partial charge in [0, 0.05) is 32.6 Å². The molecule has 0 bridgehead atoms. The largest absolute Gasteiger partial charge is 0.492 e. The fraction of sp³-hybridized carbons (Fsp3) is 0.333. The first-order chi connectivity index (χ1) is 12.8. The van der Waals surface area contributed by atoms with Crippen molar-refractivity contribution in [3.63, 3.8) is 0 Å². The zero-order chi connectivity index (χ0) is 20.0. The van der Waals surface area contributed by atoms with Crippen molar-refractivity contribution < 1.29 is 22.7 Å². The highest BCUT2D eigenvalue weighted by Crippen LogP contribution is 2.29. The molecule has 1 amide bonds. The summed E-state index contributed by atoms with van der Waals surface area (Å²) < 4.78 is 31.5. The first kappa shape index (κ1) is 21.1. The number of nitrogens with zero attached hydrogens (tertiary/aromatic N) is 1. The fourth-order valence-corrected chi connectivity index (χ4v) is 4.01. The summed E-state index contributed by atoms with van der Waals surface area (Å²) in [5.41, 5.74) is 0.326. The van der Waals surface area contributed by atoms with Crippen LogP contribution in [0.5, 0.6) is 5.75 Å². The minimum absolute atomic E-state index is 0.0136. The number of carbonyl (C=O) groups is 2. The number of hydrogen-bond donors (Lipinski definition) is 1. The quantitative estimate of drug-likeness (QED) is 0.642. The first-order valence-electron chi connectivity index (χ1n) is 8.31. The Hall–Kier alpha value is -2.23. The van der Waals surface area contributed by atoms with Gasteiger partial charge in [-0.2, -0.15) is 0 Å². The van der Waals surface area contributed by atoms with E-state index in [1.165, 1.54) is 37.6 Å². The van der Waals surface area contributed by atoms with Gasteiger partial charge in [-0.15, -0.1) is 11.3 Å². The van der Waals surface area contributed by atoms with Crippen LogP contribution >= 0.6 is 11.3 Å². The highest BCUT2D eigenvalue weighted by molar-refractivity contribution is 7.89. The van der Waals surface area contributed by atoms with Crippen LogP contribution in [0.15, 0.2) is 40.6 Å². The maximum absolute atomic E-state index is 12.5. The molecule has 1 aromatic heterocycles. The summed E-state index contributed by atoms with van der Waals surface area (Å²) >= 11 is 1.33. The van der Waals surface area contributed by atoms with Gasteiger partial charge in [-0.3, -0.25) is 9.59 Å². The molecule has 27 heavy (non-hydrogen) atoms. The summed E-state index contributed by atoms with van der Waals surface area (Å²) in [4.78, 5) is 24.7. The summed E-state index contributed by atoms with van der Waals surface area (Å²) in [7, 11) is -0.893. The molecular weight excluding hydrogens is 388 g/mol. The molecule has 7 nitrogen and oxygen atoms in total. The number of sulfonamides is 1. The van der Waals surface area contributed by atoms with E-state index < -0.39 is 10.0 Å². The second kappa shape index (κ2) is 9.12. The van der Waals surface area contributed by atoms with E-state index in [-0.39, 0.29) is 35.2 Å². The van der Waals surface area contributed by atoms with Gasteiger partial charge in [-0.25, -0.2) is 12.7 Å². The Kier molecular flexibility index (Phi) is 7.11. The van der Waals surface area contributed by atoms with E-state index >= 15 is 0 Å². The molecule has 0 radical (unpaired) electrons. The van der Waals surface area contributed by atoms with E-state index in [0.717, 1.165) is 4.31 Å². The average molecular weight is 411 g/mol. The molecule has 146 valence electrons. The van der Waals surface area contributed by atoms with Gasteiger partial charge >= 0.3 is 0 Å². The molecule has 0 fully saturated rings. The number of benzene rings is 1. The molecule has 0 aliphatic heterocycles. The van der Waals surface area contributed by atoms with Crippen LogP contribution in [-0.4, -0.2) is 45.1 Å². The molecule has 1 N–H and O–H groups in total. The van der Waals surface area contributed by atoms with Gasteiger partial charge in [0.2, 0.25) is 15.9 Å². The number of thiophene rings is 1. The predicted octanol–water partition coefficient (Wildman–Crippen LogP) is 3.00. The number of Topliss-reactive ketones (excluding diaryl/α,β-unsaturated/α-hetero) is 1. The molecule has 0 aliphatic carbocycles. The van der Waals surface area contributed by atoms with E-state index in [1.807, 2.05) is 0 Å². The van der Waals surface area contributed by atoms with Crippen molar-refractivity contribution in [3.8, 4) is 5.75 Å². The van der Waals surface area contributed by atoms with Crippen LogP contribution in [0, 0.1) is 0 Å². The number of ether oxygens (including phenoxy) is 1. The molecule has 1 aromatic carbocycles. The van der Waals surface area contributed by atoms with Crippen molar-refractivity contribution in [2.75, 3.05) is 26.0 Å². The molecule has 0 saturated heterocycles. The Bertz CT molecular complexity index is 906. The normalized spacial score (nSPS) is 11.4. The molecule has 0 unspecified atom stereocenters. The van der Waals surface area contributed by atoms with Crippen LogP contribution in [0.4, 0.5) is 5.69 Å². The van der Waals surface area contributed by atoms with Crippen LogP contribution in [0.3, 0.4) is 0 Å². The summed E-state index contributed by atoms with van der Waals surface area (Å²) in [5.74, 6) is -0.239. The van der Waals surface area contributed by atoms with Gasteiger partial charge < -0.3 is 10.1 Å². The van der Waals surface area contributed by atoms with Gasteiger partial charge in [0.05, 0.1) is 11.5 Å². The van der Waals surface area contributed by atoms with Crippen molar-refractivity contribution in [2.24, 2.45) is 0 Å². The third-order valence-corrected chi connectivity index (χ3v) is 6.41. The molecule has 9 heteroatoms. The predicted molar refractivity (Wildman–Crippen MR) is 105 cm³/mol. The Balaban J connectivity index is 2.12. The van der Waals surface area contributed by atoms with E-state index in [4.69, 9.17) is 4.74 Å². The van der Waals surface area contributed by atoms with Crippen molar-refractivity contribution in [1.82, 2.24) is 4.31 Å². The van der Waals surface area contributed by atoms with Gasteiger partial charge in [-0.1, -0.05) is 6.07 Å². The minimum Gasteiger partial charge on any atom is -0.492 e. The maximum atomic E-state index is 12.5. The van der Waals surface area contributed by atoms with Crippen LogP contribution < -0.4 is 10.1 Å². The summed E-state index contributed by atoms with van der Waals surface area (Å²) in [6.45, 7) is 2.07. The molecule has 0 saturated carbocycles. The Labute approximate surface area is 163 Å². The first-order valence-corrected chi connectivity index (χ1v) is 10.6. The Morgan fingerprint density at radius 3 is 2.52 bits per heavy atom. The lowest BCUT2D eigenvalue weighted by Crippen LogP contribution is -2.23. The average Bonchev–Trinajstić information content (AvgIpc) is 3.15. The lowest BCUT2D eigenvalue weighted by atomic mass is 10.2. The lowest BCUT2D eigenvalue weighted by molar-refractivity contribution is -0.116. The zero-order valence-electron chi connectivity index (χ0n) is 15.4. The highest BCUT2D eigenvalue weighted by Gasteiger charge is 2.23. The second-order valence-electron chi connectivity index (χ2n) is 5.83. The molecule has 2 rings (SSSR count). The Morgan fingerprint density at radius 2 is 1.93 bits per heavy atom. The van der Waals surface area contributed by atoms with Crippen molar-refractivity contribution >= 4 is 38.7 Å². The number of carbonyl (C=O) groups excluding carboxylic acids is 2. The number of rotatable bonds is 9. The van der Waals surface area contributed by atoms with Crippen LogP contribution in [0.2, 0.25) is 0 Å². The summed E-state index contributed by atoms with van der Waals surface area (Å²) in [5, 5.41) is 4.44. The Morgan fingerprint density at radius 1 is 1.19 bits per heavy atom. The maximum Gasteiger partial charge on any atom is 0.246 e. The number of nitrogens with one attached hydrogen (secondary N) is 1. The van der Waals surface area contributed by atoms with Gasteiger partial charge in [-0.05, 0) is 36.6 Å². The third-order valence-electron chi connectivity index (χ3n) is 3.66. The second-order valence-corrected chi connectivity index (χ2v) is 8.90. The molecule has 2 aromatic rings. The number of ketones is 1. The van der Waals surface area contributed by atoms with Crippen LogP contribution in [0.25, 0.3) is 0 Å². The molecular formula is C18H22N2O5S2. The summed E-state index contributed by atoms with van der Waals surface area (Å²) in [6, 6.07) is 7.94. The smallest absolute Gasteiger partial charge is 0.246 e. The summed E-state index contributed by atoms with van der Waals surface area (Å²) in [6.07, 6.45) is 0.103. The van der Waals surface area contributed by atoms with Gasteiger partial charge in [0.15, 0.2) is 5.78 Å². The molecule has 1 heterocycles. The van der Waals surface area contributed by atoms with Crippen molar-refractivity contribution in [3.05, 3.63) is 40.6 Å². The van der Waals surface area contributed by atoms with E-state index in [1.54, 1.807) is 30.5 Å². The zero-order valence-corrected chi connectivity index (χ0v) is 17.0. The van der Waals surface area contributed by atoms with Crippen LogP contribution in [0.1, 0.15) is 29.4 Å². The fourth-order valence-electron chi connectivity index (χ4n) is 2.27. The van der Waals surface area contributed by atoms with Crippen molar-refractivity contribution in [1.29, 1.82) is 0 Å². The van der Waals surface area contributed by atoms with E-state index in [9.17, 15) is 18.0 Å². The minimum atomic E-state index is -3.74. The number of amides is 1. The monoisotopic (exact) mass is 410 g/mol. The van der Waals surface area contributed by atoms with E-state index in [2.05, 4.69) is 5.32 Å². The standard InChI is InChI=1S/C18H22N2O5S2/c1-4-25-15-9-7-13(12-17(15)27(23,24)20(2)3)19-18(22)10-8-14(21)16-6-5-11-26-16/h5-7,9,11-12H,4,8,10H2,1-3H3,(H,19,22). The third kappa shape index (κ3) is 5.38. The molecule has 0 aliphatic rings. The van der Waals surface area contributed by atoms with Crippen LogP contribution in [-0.2, 0) is 14.8 Å². The molecule has 0 atom stereocenters. The topological polar surface area (TPSA) is 92.8 Å². The van der Waals surface area contributed by atoms with Gasteiger partial charge in [0.1, 0.15) is 10.6 Å². The van der Waals surface area contributed by atoms with Gasteiger partial charge in [0.25, 0.3) is 0 Å². The number of hydrogen-bond acceptors (Lipinski definition) is 6. The SMILES string of the molecule is CCOc1ccc(NC(=O)CCC(=O)c2cccs2)cc1S(=O)(=O)N(C)C. The highest BCUT2D eigenvalue weighted by atomic mass is 32.2. The van der Waals surface area contributed by atoms with E-state index in [0.29, 0.717) is 17.2 Å². The number of anilines is 1. The molecule has 0 spiro atoms. The lowest BCUT2D eigenvalue weighted by Gasteiger charge is -2.16.